The van der Waals surface area contributed by atoms with Crippen LogP contribution in [-0.2, 0) is 7.05 Å². The molecule has 22 heavy (non-hydrogen) atoms. The van der Waals surface area contributed by atoms with E-state index in [9.17, 15) is 4.79 Å². The SMILES string of the molecule is Cc1c(Cl)ccc2sc(=NC(=O)c3cc(Cl)sc3Cl)n(C)c12. The molecule has 0 saturated carbocycles. The largest absolute Gasteiger partial charge is 0.319 e. The first kappa shape index (κ1) is 16.0. The van der Waals surface area contributed by atoms with Gasteiger partial charge in [-0.2, -0.15) is 4.99 Å². The van der Waals surface area contributed by atoms with Gasteiger partial charge in [0.05, 0.1) is 20.1 Å². The summed E-state index contributed by atoms with van der Waals surface area (Å²) in [5.74, 6) is -0.404. The number of rotatable bonds is 1. The maximum atomic E-state index is 12.3. The highest BCUT2D eigenvalue weighted by molar-refractivity contribution is 7.20. The van der Waals surface area contributed by atoms with Crippen LogP contribution in [0.15, 0.2) is 23.2 Å². The van der Waals surface area contributed by atoms with Crippen molar-refractivity contribution in [1.82, 2.24) is 4.57 Å². The van der Waals surface area contributed by atoms with E-state index in [-0.39, 0.29) is 0 Å². The van der Waals surface area contributed by atoms with E-state index in [1.54, 1.807) is 0 Å². The van der Waals surface area contributed by atoms with E-state index in [1.165, 1.54) is 17.4 Å². The molecule has 0 aliphatic rings. The third-order valence-electron chi connectivity index (χ3n) is 3.24. The van der Waals surface area contributed by atoms with Crippen LogP contribution in [0.2, 0.25) is 13.7 Å². The van der Waals surface area contributed by atoms with Gasteiger partial charge in [0.1, 0.15) is 4.34 Å². The average Bonchev–Trinajstić information content (AvgIpc) is 2.95. The first-order chi connectivity index (χ1) is 10.4. The van der Waals surface area contributed by atoms with Gasteiger partial charge in [-0.3, -0.25) is 4.79 Å². The second kappa shape index (κ2) is 5.98. The number of hydrogen-bond donors (Lipinski definition) is 0. The van der Waals surface area contributed by atoms with Crippen molar-refractivity contribution >= 4 is 73.6 Å². The summed E-state index contributed by atoms with van der Waals surface area (Å²) < 4.78 is 3.69. The fourth-order valence-electron chi connectivity index (χ4n) is 2.14. The molecule has 1 aromatic carbocycles. The predicted molar refractivity (Wildman–Crippen MR) is 94.8 cm³/mol. The molecule has 0 saturated heterocycles. The van der Waals surface area contributed by atoms with Crippen molar-refractivity contribution in [1.29, 1.82) is 0 Å². The lowest BCUT2D eigenvalue weighted by Crippen LogP contribution is -2.13. The van der Waals surface area contributed by atoms with Crippen LogP contribution in [0.25, 0.3) is 10.2 Å². The third kappa shape index (κ3) is 2.72. The standard InChI is InChI=1S/C14H9Cl3N2OS2/c1-6-8(15)3-4-9-11(6)19(2)14(21-9)18-13(20)7-5-10(16)22-12(7)17/h3-5H,1-2H3. The number of hydrogen-bond acceptors (Lipinski definition) is 3. The minimum atomic E-state index is -0.404. The molecule has 0 aliphatic carbocycles. The summed E-state index contributed by atoms with van der Waals surface area (Å²) in [4.78, 5) is 17.1. The van der Waals surface area contributed by atoms with Gasteiger partial charge in [0.15, 0.2) is 4.80 Å². The van der Waals surface area contributed by atoms with Crippen LogP contribution in [0, 0.1) is 6.92 Å². The van der Waals surface area contributed by atoms with Crippen LogP contribution in [0.5, 0.6) is 0 Å². The Morgan fingerprint density at radius 1 is 1.23 bits per heavy atom. The molecule has 8 heteroatoms. The molecule has 1 amide bonds. The molecule has 0 fully saturated rings. The number of thiazole rings is 1. The van der Waals surface area contributed by atoms with E-state index in [1.807, 2.05) is 30.7 Å². The molecular formula is C14H9Cl3N2OS2. The third-order valence-corrected chi connectivity index (χ3v) is 6.23. The Kier molecular flexibility index (Phi) is 4.36. The van der Waals surface area contributed by atoms with Crippen LogP contribution in [0.4, 0.5) is 0 Å². The quantitative estimate of drug-likeness (QED) is 0.553. The van der Waals surface area contributed by atoms with E-state index in [2.05, 4.69) is 4.99 Å². The Hall–Kier alpha value is -0.850. The number of halogens is 3. The topological polar surface area (TPSA) is 34.4 Å². The molecule has 114 valence electrons. The highest BCUT2D eigenvalue weighted by Crippen LogP contribution is 2.31. The maximum absolute atomic E-state index is 12.3. The van der Waals surface area contributed by atoms with Gasteiger partial charge in [0.2, 0.25) is 0 Å². The fraction of sp³-hybridized carbons (Fsp3) is 0.143. The number of thiophene rings is 1. The number of carbonyl (C=O) groups excluding carboxylic acids is 1. The number of carbonyl (C=O) groups is 1. The summed E-state index contributed by atoms with van der Waals surface area (Å²) in [6, 6.07) is 5.31. The van der Waals surface area contributed by atoms with Gasteiger partial charge < -0.3 is 4.57 Å². The van der Waals surface area contributed by atoms with Crippen LogP contribution in [-0.4, -0.2) is 10.5 Å². The van der Waals surface area contributed by atoms with Gasteiger partial charge in [-0.25, -0.2) is 0 Å². The lowest BCUT2D eigenvalue weighted by molar-refractivity contribution is 0.0998. The highest BCUT2D eigenvalue weighted by Gasteiger charge is 2.15. The van der Waals surface area contributed by atoms with Crippen molar-refractivity contribution in [3.8, 4) is 0 Å². The normalized spacial score (nSPS) is 12.3. The molecule has 2 aromatic heterocycles. The molecule has 0 atom stereocenters. The van der Waals surface area contributed by atoms with Crippen LogP contribution < -0.4 is 4.80 Å². The Balaban J connectivity index is 2.18. The fourth-order valence-corrected chi connectivity index (χ4v) is 4.82. The lowest BCUT2D eigenvalue weighted by atomic mass is 10.2. The number of benzene rings is 1. The molecular weight excluding hydrogens is 383 g/mol. The maximum Gasteiger partial charge on any atom is 0.282 e. The molecule has 0 bridgehead atoms. The van der Waals surface area contributed by atoms with Crippen molar-refractivity contribution in [2.45, 2.75) is 6.92 Å². The minimum absolute atomic E-state index is 0.323. The van der Waals surface area contributed by atoms with E-state index in [0.717, 1.165) is 27.1 Å². The van der Waals surface area contributed by atoms with E-state index in [0.29, 0.717) is 24.1 Å². The molecule has 3 rings (SSSR count). The van der Waals surface area contributed by atoms with Gasteiger partial charge in [0, 0.05) is 12.1 Å². The van der Waals surface area contributed by atoms with Crippen LogP contribution >= 0.6 is 57.5 Å². The Bertz CT molecular complexity index is 969. The van der Waals surface area contributed by atoms with Crippen LogP contribution in [0.1, 0.15) is 15.9 Å². The summed E-state index contributed by atoms with van der Waals surface area (Å²) in [6.45, 7) is 1.94. The first-order valence-corrected chi connectivity index (χ1v) is 8.93. The number of fused-ring (bicyclic) bond motifs is 1. The summed E-state index contributed by atoms with van der Waals surface area (Å²) in [5, 5.41) is 0.687. The summed E-state index contributed by atoms with van der Waals surface area (Å²) >= 11 is 20.6. The number of aryl methyl sites for hydroxylation is 2. The van der Waals surface area contributed by atoms with Crippen molar-refractivity contribution < 1.29 is 4.79 Å². The monoisotopic (exact) mass is 390 g/mol. The molecule has 0 radical (unpaired) electrons. The summed E-state index contributed by atoms with van der Waals surface area (Å²) in [5.41, 5.74) is 2.26. The molecule has 3 aromatic rings. The molecule has 2 heterocycles. The lowest BCUT2D eigenvalue weighted by Gasteiger charge is -2.01. The van der Waals surface area contributed by atoms with Crippen LogP contribution in [0.3, 0.4) is 0 Å². The minimum Gasteiger partial charge on any atom is -0.319 e. The number of aromatic nitrogens is 1. The first-order valence-electron chi connectivity index (χ1n) is 6.17. The van der Waals surface area contributed by atoms with Gasteiger partial charge in [0.25, 0.3) is 5.91 Å². The van der Waals surface area contributed by atoms with Gasteiger partial charge >= 0.3 is 0 Å². The zero-order valence-electron chi connectivity index (χ0n) is 11.5. The predicted octanol–water partition coefficient (Wildman–Crippen LogP) is 5.31. The second-order valence-corrected chi connectivity index (χ2v) is 8.32. The molecule has 0 N–H and O–H groups in total. The Morgan fingerprint density at radius 2 is 1.95 bits per heavy atom. The van der Waals surface area contributed by atoms with Crippen molar-refractivity contribution in [3.05, 3.63) is 47.8 Å². The van der Waals surface area contributed by atoms with Crippen molar-refractivity contribution in [2.75, 3.05) is 0 Å². The number of amides is 1. The number of nitrogens with zero attached hydrogens (tertiary/aromatic N) is 2. The molecule has 0 unspecified atom stereocenters. The summed E-state index contributed by atoms with van der Waals surface area (Å²) in [7, 11) is 1.86. The average molecular weight is 392 g/mol. The molecule has 3 nitrogen and oxygen atoms in total. The van der Waals surface area contributed by atoms with Crippen molar-refractivity contribution in [2.24, 2.45) is 12.0 Å². The van der Waals surface area contributed by atoms with E-state index in [4.69, 9.17) is 34.8 Å². The van der Waals surface area contributed by atoms with Crippen molar-refractivity contribution in [3.63, 3.8) is 0 Å². The smallest absolute Gasteiger partial charge is 0.282 e. The summed E-state index contributed by atoms with van der Waals surface area (Å²) in [6.07, 6.45) is 0. The second-order valence-electron chi connectivity index (χ2n) is 4.62. The molecule has 0 spiro atoms. The zero-order chi connectivity index (χ0) is 16.0. The Labute approximate surface area is 149 Å². The zero-order valence-corrected chi connectivity index (χ0v) is 15.4. The van der Waals surface area contributed by atoms with Gasteiger partial charge in [-0.15, -0.1) is 11.3 Å². The van der Waals surface area contributed by atoms with E-state index >= 15 is 0 Å². The Morgan fingerprint density at radius 3 is 2.59 bits per heavy atom. The molecule has 0 aliphatic heterocycles. The highest BCUT2D eigenvalue weighted by atomic mass is 35.5. The van der Waals surface area contributed by atoms with Gasteiger partial charge in [-0.1, -0.05) is 46.1 Å². The van der Waals surface area contributed by atoms with Gasteiger partial charge in [-0.05, 0) is 30.7 Å². The van der Waals surface area contributed by atoms with E-state index < -0.39 is 5.91 Å².